The SMILES string of the molecule is CN1CCC(NC(=O)C2CCC(NC(=O)CCCOc3ccccc3)CC2)C1=O.O=CO. The van der Waals surface area contributed by atoms with E-state index in [0.717, 1.165) is 31.4 Å². The number of benzene rings is 1. The summed E-state index contributed by atoms with van der Waals surface area (Å²) in [5, 5.41) is 12.9. The van der Waals surface area contributed by atoms with Crippen LogP contribution < -0.4 is 15.4 Å². The molecule has 9 nitrogen and oxygen atoms in total. The van der Waals surface area contributed by atoms with E-state index < -0.39 is 0 Å². The van der Waals surface area contributed by atoms with Crippen LogP contribution in [0, 0.1) is 5.92 Å². The number of hydrogen-bond donors (Lipinski definition) is 3. The Labute approximate surface area is 188 Å². The van der Waals surface area contributed by atoms with E-state index in [4.69, 9.17) is 14.6 Å². The van der Waals surface area contributed by atoms with E-state index in [2.05, 4.69) is 10.6 Å². The van der Waals surface area contributed by atoms with Gasteiger partial charge in [0.15, 0.2) is 0 Å². The summed E-state index contributed by atoms with van der Waals surface area (Å²) in [7, 11) is 1.76. The molecule has 0 bridgehead atoms. The first kappa shape index (κ1) is 25.2. The Morgan fingerprint density at radius 3 is 2.38 bits per heavy atom. The molecule has 1 saturated heterocycles. The van der Waals surface area contributed by atoms with Crippen LogP contribution in [0.5, 0.6) is 5.75 Å². The van der Waals surface area contributed by atoms with E-state index >= 15 is 0 Å². The van der Waals surface area contributed by atoms with Gasteiger partial charge in [-0.25, -0.2) is 0 Å². The van der Waals surface area contributed by atoms with Gasteiger partial charge in [-0.15, -0.1) is 0 Å². The number of likely N-dealkylation sites (tertiary alicyclic amines) is 1. The fourth-order valence-electron chi connectivity index (χ4n) is 3.99. The second-order valence-corrected chi connectivity index (χ2v) is 8.10. The Kier molecular flexibility index (Phi) is 10.5. The summed E-state index contributed by atoms with van der Waals surface area (Å²) in [6.45, 7) is 0.957. The maximum Gasteiger partial charge on any atom is 0.290 e. The fraction of sp³-hybridized carbons (Fsp3) is 0.565. The number of hydrogen-bond acceptors (Lipinski definition) is 5. The lowest BCUT2D eigenvalue weighted by molar-refractivity contribution is -0.133. The third-order valence-corrected chi connectivity index (χ3v) is 5.77. The highest BCUT2D eigenvalue weighted by atomic mass is 16.5. The molecule has 2 fully saturated rings. The van der Waals surface area contributed by atoms with E-state index in [1.165, 1.54) is 0 Å². The summed E-state index contributed by atoms with van der Waals surface area (Å²) >= 11 is 0. The number of amides is 3. The molecule has 0 spiro atoms. The van der Waals surface area contributed by atoms with Crippen LogP contribution in [0.4, 0.5) is 0 Å². The van der Waals surface area contributed by atoms with Crippen LogP contribution in [-0.2, 0) is 19.2 Å². The van der Waals surface area contributed by atoms with Crippen LogP contribution in [0.25, 0.3) is 0 Å². The molecule has 1 atom stereocenters. The minimum absolute atomic E-state index is 0.00413. The summed E-state index contributed by atoms with van der Waals surface area (Å²) in [4.78, 5) is 46.5. The largest absolute Gasteiger partial charge is 0.494 e. The van der Waals surface area contributed by atoms with Crippen molar-refractivity contribution in [2.45, 2.75) is 57.0 Å². The number of nitrogens with one attached hydrogen (secondary N) is 2. The quantitative estimate of drug-likeness (QED) is 0.410. The average molecular weight is 448 g/mol. The van der Waals surface area contributed by atoms with E-state index in [1.54, 1.807) is 11.9 Å². The van der Waals surface area contributed by atoms with Crippen LogP contribution in [0.2, 0.25) is 0 Å². The first-order chi connectivity index (χ1) is 15.4. The topological polar surface area (TPSA) is 125 Å². The highest BCUT2D eigenvalue weighted by Crippen LogP contribution is 2.25. The summed E-state index contributed by atoms with van der Waals surface area (Å²) in [5.41, 5.74) is 0. The number of ether oxygens (including phenoxy) is 1. The van der Waals surface area contributed by atoms with Gasteiger partial charge in [-0.3, -0.25) is 19.2 Å². The minimum atomic E-state index is -0.372. The zero-order chi connectivity index (χ0) is 23.3. The van der Waals surface area contributed by atoms with Crippen molar-refractivity contribution in [2.75, 3.05) is 20.2 Å². The molecule has 176 valence electrons. The maximum atomic E-state index is 12.4. The number of carboxylic acid groups (broad SMARTS) is 1. The second kappa shape index (κ2) is 13.3. The third kappa shape index (κ3) is 8.20. The molecule has 9 heteroatoms. The van der Waals surface area contributed by atoms with Crippen molar-refractivity contribution in [2.24, 2.45) is 5.92 Å². The molecule has 1 unspecified atom stereocenters. The fourth-order valence-corrected chi connectivity index (χ4v) is 3.99. The molecule has 0 aromatic heterocycles. The Morgan fingerprint density at radius 2 is 1.78 bits per heavy atom. The zero-order valence-corrected chi connectivity index (χ0v) is 18.5. The van der Waals surface area contributed by atoms with Crippen molar-refractivity contribution in [1.29, 1.82) is 0 Å². The van der Waals surface area contributed by atoms with Gasteiger partial charge in [0.05, 0.1) is 6.61 Å². The van der Waals surface area contributed by atoms with Gasteiger partial charge in [-0.05, 0) is 50.7 Å². The van der Waals surface area contributed by atoms with Crippen molar-refractivity contribution in [1.82, 2.24) is 15.5 Å². The Bertz CT molecular complexity index is 749. The van der Waals surface area contributed by atoms with Crippen molar-refractivity contribution >= 4 is 24.2 Å². The number of para-hydroxylation sites is 1. The second-order valence-electron chi connectivity index (χ2n) is 8.10. The summed E-state index contributed by atoms with van der Waals surface area (Å²) < 4.78 is 5.60. The van der Waals surface area contributed by atoms with Gasteiger partial charge in [0.25, 0.3) is 6.47 Å². The smallest absolute Gasteiger partial charge is 0.290 e. The number of nitrogens with zero attached hydrogens (tertiary/aromatic N) is 1. The van der Waals surface area contributed by atoms with Crippen molar-refractivity contribution < 1.29 is 29.0 Å². The number of carbonyl (C=O) groups is 4. The van der Waals surface area contributed by atoms with Crippen LogP contribution in [0.1, 0.15) is 44.9 Å². The number of carbonyl (C=O) groups excluding carboxylic acids is 3. The van der Waals surface area contributed by atoms with Gasteiger partial charge in [-0.2, -0.15) is 0 Å². The first-order valence-corrected chi connectivity index (χ1v) is 11.0. The minimum Gasteiger partial charge on any atom is -0.494 e. The highest BCUT2D eigenvalue weighted by Gasteiger charge is 2.33. The molecule has 3 N–H and O–H groups in total. The van der Waals surface area contributed by atoms with Crippen molar-refractivity contribution in [3.8, 4) is 5.75 Å². The first-order valence-electron chi connectivity index (χ1n) is 11.0. The molecule has 1 saturated carbocycles. The summed E-state index contributed by atoms with van der Waals surface area (Å²) in [5.74, 6) is 0.753. The predicted molar refractivity (Wildman–Crippen MR) is 118 cm³/mol. The molecule has 1 heterocycles. The van der Waals surface area contributed by atoms with Crippen molar-refractivity contribution in [3.05, 3.63) is 30.3 Å². The zero-order valence-electron chi connectivity index (χ0n) is 18.5. The molecular formula is C23H33N3O6. The average Bonchev–Trinajstić information content (AvgIpc) is 3.10. The van der Waals surface area contributed by atoms with E-state index in [9.17, 15) is 14.4 Å². The van der Waals surface area contributed by atoms with Gasteiger partial charge >= 0.3 is 0 Å². The summed E-state index contributed by atoms with van der Waals surface area (Å²) in [6, 6.07) is 9.33. The molecule has 32 heavy (non-hydrogen) atoms. The lowest BCUT2D eigenvalue weighted by Crippen LogP contribution is -2.45. The lowest BCUT2D eigenvalue weighted by atomic mass is 9.85. The highest BCUT2D eigenvalue weighted by molar-refractivity contribution is 5.89. The molecule has 1 aromatic carbocycles. The predicted octanol–water partition coefficient (Wildman–Crippen LogP) is 1.57. The Hall–Kier alpha value is -3.10. The molecule has 3 rings (SSSR count). The van der Waals surface area contributed by atoms with Crippen LogP contribution >= 0.6 is 0 Å². The van der Waals surface area contributed by atoms with Gasteiger partial charge in [0.1, 0.15) is 11.8 Å². The third-order valence-electron chi connectivity index (χ3n) is 5.77. The van der Waals surface area contributed by atoms with Crippen LogP contribution in [0.3, 0.4) is 0 Å². The molecular weight excluding hydrogens is 414 g/mol. The standard InChI is InChI=1S/C22H31N3O4.CH2O2/c1-25-14-13-19(22(25)28)24-21(27)16-9-11-17(12-10-16)23-20(26)8-5-15-29-18-6-3-2-4-7-18;2-1-3/h2-4,6-7,16-17,19H,5,8-15H2,1H3,(H,23,26)(H,24,27);1H,(H,2,3). The van der Waals surface area contributed by atoms with Gasteiger partial charge < -0.3 is 25.4 Å². The normalized spacial score (nSPS) is 22.3. The molecule has 1 aromatic rings. The maximum absolute atomic E-state index is 12.4. The van der Waals surface area contributed by atoms with Gasteiger partial charge in [0.2, 0.25) is 17.7 Å². The van der Waals surface area contributed by atoms with Gasteiger partial charge in [0, 0.05) is 32.0 Å². The summed E-state index contributed by atoms with van der Waals surface area (Å²) in [6.07, 6.45) is 4.86. The molecule has 0 radical (unpaired) electrons. The number of likely N-dealkylation sites (N-methyl/N-ethyl adjacent to an activating group) is 1. The van der Waals surface area contributed by atoms with Crippen LogP contribution in [-0.4, -0.2) is 66.5 Å². The van der Waals surface area contributed by atoms with Gasteiger partial charge in [-0.1, -0.05) is 18.2 Å². The number of rotatable bonds is 8. The monoisotopic (exact) mass is 447 g/mol. The van der Waals surface area contributed by atoms with Crippen molar-refractivity contribution in [3.63, 3.8) is 0 Å². The van der Waals surface area contributed by atoms with E-state index in [0.29, 0.717) is 32.4 Å². The van der Waals surface area contributed by atoms with Crippen LogP contribution in [0.15, 0.2) is 30.3 Å². The lowest BCUT2D eigenvalue weighted by Gasteiger charge is -2.29. The molecule has 2 aliphatic rings. The Balaban J connectivity index is 0.00000114. The Morgan fingerprint density at radius 1 is 1.12 bits per heavy atom. The molecule has 3 amide bonds. The van der Waals surface area contributed by atoms with E-state index in [-0.39, 0.29) is 42.2 Å². The molecule has 1 aliphatic heterocycles. The van der Waals surface area contributed by atoms with E-state index in [1.807, 2.05) is 30.3 Å². The molecule has 1 aliphatic carbocycles.